The fraction of sp³-hybridized carbons (Fsp3) is 0.435. The molecule has 0 aromatic heterocycles. The number of rotatable bonds is 6. The summed E-state index contributed by atoms with van der Waals surface area (Å²) in [5.74, 6) is 2.98. The van der Waals surface area contributed by atoms with Gasteiger partial charge in [-0.15, -0.1) is 0 Å². The summed E-state index contributed by atoms with van der Waals surface area (Å²) in [5, 5.41) is 12.9. The number of hydrogen-bond acceptors (Lipinski definition) is 5. The minimum atomic E-state index is 0.315. The highest BCUT2D eigenvalue weighted by Crippen LogP contribution is 2.32. The zero-order valence-electron chi connectivity index (χ0n) is 17.5. The molecule has 4 rings (SSSR count). The Morgan fingerprint density at radius 1 is 1.00 bits per heavy atom. The third kappa shape index (κ3) is 5.16. The largest absolute Gasteiger partial charge is 0.508 e. The van der Waals surface area contributed by atoms with Crippen molar-refractivity contribution in [3.63, 3.8) is 0 Å². The second-order valence-corrected chi connectivity index (χ2v) is 7.69. The summed E-state index contributed by atoms with van der Waals surface area (Å²) >= 11 is 0. The molecule has 1 saturated heterocycles. The van der Waals surface area contributed by atoms with Crippen LogP contribution in [0, 0.1) is 0 Å². The molecule has 1 fully saturated rings. The number of hydrogen-bond donors (Lipinski definition) is 2. The van der Waals surface area contributed by atoms with Crippen molar-refractivity contribution in [2.45, 2.75) is 19.4 Å². The standard InChI is InChI=1S/C23H30N4O3/c1-24-23(25-10-2-3-18-4-7-20(28)8-5-18)27-13-11-26(12-14-27)16-19-6-9-21-22(15-19)30-17-29-21/h4-9,15,28H,2-3,10-14,16-17H2,1H3,(H,24,25). The van der Waals surface area contributed by atoms with Crippen molar-refractivity contribution in [1.29, 1.82) is 0 Å². The molecule has 2 aromatic rings. The number of aryl methyl sites for hydroxylation is 1. The molecule has 0 spiro atoms. The third-order valence-electron chi connectivity index (χ3n) is 5.59. The highest BCUT2D eigenvalue weighted by atomic mass is 16.7. The van der Waals surface area contributed by atoms with E-state index >= 15 is 0 Å². The Balaban J connectivity index is 1.19. The van der Waals surface area contributed by atoms with Crippen molar-refractivity contribution in [3.8, 4) is 17.2 Å². The Morgan fingerprint density at radius 3 is 2.50 bits per heavy atom. The summed E-state index contributed by atoms with van der Waals surface area (Å²) in [6.07, 6.45) is 2.00. The predicted octanol–water partition coefficient (Wildman–Crippen LogP) is 2.45. The summed E-state index contributed by atoms with van der Waals surface area (Å²) < 4.78 is 10.9. The molecule has 2 N–H and O–H groups in total. The first-order chi connectivity index (χ1) is 14.7. The summed E-state index contributed by atoms with van der Waals surface area (Å²) in [6, 6.07) is 13.6. The van der Waals surface area contributed by atoms with Gasteiger partial charge in [0.05, 0.1) is 0 Å². The van der Waals surface area contributed by atoms with Gasteiger partial charge < -0.3 is 24.8 Å². The maximum Gasteiger partial charge on any atom is 0.231 e. The fourth-order valence-corrected chi connectivity index (χ4v) is 3.90. The van der Waals surface area contributed by atoms with Crippen LogP contribution >= 0.6 is 0 Å². The van der Waals surface area contributed by atoms with Gasteiger partial charge in [0, 0.05) is 46.3 Å². The minimum Gasteiger partial charge on any atom is -0.508 e. The number of ether oxygens (including phenoxy) is 2. The van der Waals surface area contributed by atoms with E-state index in [0.717, 1.165) is 69.6 Å². The number of fused-ring (bicyclic) bond motifs is 1. The molecule has 7 heteroatoms. The third-order valence-corrected chi connectivity index (χ3v) is 5.59. The van der Waals surface area contributed by atoms with Crippen LogP contribution in [-0.2, 0) is 13.0 Å². The number of aromatic hydroxyl groups is 1. The van der Waals surface area contributed by atoms with Gasteiger partial charge in [-0.25, -0.2) is 0 Å². The van der Waals surface area contributed by atoms with Crippen molar-refractivity contribution in [1.82, 2.24) is 15.1 Å². The summed E-state index contributed by atoms with van der Waals surface area (Å²) in [6.45, 7) is 6.04. The molecular weight excluding hydrogens is 380 g/mol. The van der Waals surface area contributed by atoms with E-state index < -0.39 is 0 Å². The van der Waals surface area contributed by atoms with E-state index in [9.17, 15) is 5.11 Å². The maximum absolute atomic E-state index is 9.37. The lowest BCUT2D eigenvalue weighted by Gasteiger charge is -2.36. The first-order valence-corrected chi connectivity index (χ1v) is 10.6. The Kier molecular flexibility index (Phi) is 6.59. The summed E-state index contributed by atoms with van der Waals surface area (Å²) in [4.78, 5) is 9.26. The van der Waals surface area contributed by atoms with Crippen LogP contribution in [0.4, 0.5) is 0 Å². The molecule has 2 aromatic carbocycles. The topological polar surface area (TPSA) is 69.6 Å². The monoisotopic (exact) mass is 410 g/mol. The first kappa shape index (κ1) is 20.3. The number of nitrogens with zero attached hydrogens (tertiary/aromatic N) is 3. The van der Waals surface area contributed by atoms with E-state index in [0.29, 0.717) is 12.5 Å². The second-order valence-electron chi connectivity index (χ2n) is 7.69. The number of piperazine rings is 1. The molecule has 0 atom stereocenters. The lowest BCUT2D eigenvalue weighted by molar-refractivity contribution is 0.171. The Morgan fingerprint density at radius 2 is 1.73 bits per heavy atom. The second kappa shape index (κ2) is 9.71. The molecule has 2 aliphatic rings. The number of phenols is 1. The Labute approximate surface area is 177 Å². The highest BCUT2D eigenvalue weighted by molar-refractivity contribution is 5.80. The van der Waals surface area contributed by atoms with E-state index in [4.69, 9.17) is 9.47 Å². The molecule has 0 amide bonds. The molecule has 0 bridgehead atoms. The summed E-state index contributed by atoms with van der Waals surface area (Å²) in [7, 11) is 1.85. The van der Waals surface area contributed by atoms with Gasteiger partial charge in [-0.3, -0.25) is 9.89 Å². The lowest BCUT2D eigenvalue weighted by Crippen LogP contribution is -2.52. The van der Waals surface area contributed by atoms with Gasteiger partial charge in [0.25, 0.3) is 0 Å². The van der Waals surface area contributed by atoms with E-state index in [1.54, 1.807) is 12.1 Å². The molecule has 2 heterocycles. The molecule has 0 aliphatic carbocycles. The first-order valence-electron chi connectivity index (χ1n) is 10.6. The normalized spacial score (nSPS) is 16.7. The SMILES string of the molecule is CN=C(NCCCc1ccc(O)cc1)N1CCN(Cc2ccc3c(c2)OCO3)CC1. The smallest absolute Gasteiger partial charge is 0.231 e. The Hall–Kier alpha value is -2.93. The molecule has 7 nitrogen and oxygen atoms in total. The van der Waals surface area contributed by atoms with E-state index in [-0.39, 0.29) is 0 Å². The van der Waals surface area contributed by atoms with Crippen LogP contribution in [0.5, 0.6) is 17.2 Å². The predicted molar refractivity (Wildman–Crippen MR) is 117 cm³/mol. The number of guanidine groups is 1. The van der Waals surface area contributed by atoms with Crippen molar-refractivity contribution in [2.24, 2.45) is 4.99 Å². The Bertz CT molecular complexity index is 861. The van der Waals surface area contributed by atoms with Crippen LogP contribution in [-0.4, -0.2) is 67.4 Å². The quantitative estimate of drug-likeness (QED) is 0.433. The van der Waals surface area contributed by atoms with Crippen LogP contribution in [0.15, 0.2) is 47.5 Å². The van der Waals surface area contributed by atoms with Gasteiger partial charge in [0.1, 0.15) is 5.75 Å². The van der Waals surface area contributed by atoms with Gasteiger partial charge in [-0.1, -0.05) is 18.2 Å². The molecular formula is C23H30N4O3. The maximum atomic E-state index is 9.37. The van der Waals surface area contributed by atoms with Crippen molar-refractivity contribution >= 4 is 5.96 Å². The van der Waals surface area contributed by atoms with Crippen molar-refractivity contribution in [3.05, 3.63) is 53.6 Å². The molecule has 0 saturated carbocycles. The van der Waals surface area contributed by atoms with Gasteiger partial charge in [-0.2, -0.15) is 0 Å². The number of nitrogens with one attached hydrogen (secondary N) is 1. The number of phenolic OH excluding ortho intramolecular Hbond substituents is 1. The van der Waals surface area contributed by atoms with Crippen LogP contribution < -0.4 is 14.8 Å². The molecule has 0 unspecified atom stereocenters. The number of aliphatic imine (C=N–C) groups is 1. The average molecular weight is 411 g/mol. The lowest BCUT2D eigenvalue weighted by atomic mass is 10.1. The molecule has 160 valence electrons. The zero-order valence-corrected chi connectivity index (χ0v) is 17.5. The van der Waals surface area contributed by atoms with Crippen LogP contribution in [0.3, 0.4) is 0 Å². The fourth-order valence-electron chi connectivity index (χ4n) is 3.90. The van der Waals surface area contributed by atoms with Crippen LogP contribution in [0.1, 0.15) is 17.5 Å². The van der Waals surface area contributed by atoms with Crippen molar-refractivity contribution in [2.75, 3.05) is 46.6 Å². The van der Waals surface area contributed by atoms with Gasteiger partial charge >= 0.3 is 0 Å². The van der Waals surface area contributed by atoms with Crippen LogP contribution in [0.2, 0.25) is 0 Å². The zero-order chi connectivity index (χ0) is 20.8. The summed E-state index contributed by atoms with van der Waals surface area (Å²) in [5.41, 5.74) is 2.49. The molecule has 30 heavy (non-hydrogen) atoms. The highest BCUT2D eigenvalue weighted by Gasteiger charge is 2.20. The van der Waals surface area contributed by atoms with Gasteiger partial charge in [0.15, 0.2) is 17.5 Å². The van der Waals surface area contributed by atoms with E-state index in [2.05, 4.69) is 32.2 Å². The van der Waals surface area contributed by atoms with E-state index in [1.807, 2.05) is 25.2 Å². The van der Waals surface area contributed by atoms with Gasteiger partial charge in [-0.05, 0) is 48.2 Å². The van der Waals surface area contributed by atoms with Crippen LogP contribution in [0.25, 0.3) is 0 Å². The van der Waals surface area contributed by atoms with Gasteiger partial charge in [0.2, 0.25) is 6.79 Å². The van der Waals surface area contributed by atoms with E-state index in [1.165, 1.54) is 11.1 Å². The average Bonchev–Trinajstić information content (AvgIpc) is 3.24. The minimum absolute atomic E-state index is 0.315. The number of benzene rings is 2. The van der Waals surface area contributed by atoms with Crippen molar-refractivity contribution < 1.29 is 14.6 Å². The molecule has 0 radical (unpaired) electrons. The molecule has 2 aliphatic heterocycles.